The van der Waals surface area contributed by atoms with Gasteiger partial charge in [0.25, 0.3) is 0 Å². The molecule has 2 nitrogen and oxygen atoms in total. The third kappa shape index (κ3) is 4.37. The van der Waals surface area contributed by atoms with Crippen molar-refractivity contribution in [2.75, 3.05) is 5.32 Å². The zero-order valence-electron chi connectivity index (χ0n) is 10.2. The Morgan fingerprint density at radius 2 is 1.90 bits per heavy atom. The molecule has 2 aromatic carbocycles. The van der Waals surface area contributed by atoms with E-state index < -0.39 is 0 Å². The summed E-state index contributed by atoms with van der Waals surface area (Å²) in [5.74, 6) is -0.214. The summed E-state index contributed by atoms with van der Waals surface area (Å²) in [7, 11) is 0. The van der Waals surface area contributed by atoms with E-state index in [0.717, 1.165) is 15.7 Å². The first kappa shape index (κ1) is 15.1. The lowest BCUT2D eigenvalue weighted by Crippen LogP contribution is -2.07. The molecule has 0 aromatic heterocycles. The number of hydrogen-bond acceptors (Lipinski definition) is 1. The number of nitrogens with one attached hydrogen (secondary N) is 1. The molecule has 20 heavy (non-hydrogen) atoms. The number of halogens is 3. The van der Waals surface area contributed by atoms with Gasteiger partial charge in [-0.3, -0.25) is 4.79 Å². The molecular formula is C15H10BrCl2NO. The van der Waals surface area contributed by atoms with Crippen LogP contribution in [0.2, 0.25) is 10.0 Å². The fourth-order valence-electron chi connectivity index (χ4n) is 1.54. The molecule has 0 saturated carbocycles. The van der Waals surface area contributed by atoms with Crippen molar-refractivity contribution >= 4 is 56.8 Å². The number of rotatable bonds is 3. The van der Waals surface area contributed by atoms with E-state index in [9.17, 15) is 4.79 Å². The van der Waals surface area contributed by atoms with Crippen LogP contribution in [0.15, 0.2) is 53.0 Å². The second-order valence-electron chi connectivity index (χ2n) is 4.01. The van der Waals surface area contributed by atoms with E-state index >= 15 is 0 Å². The quantitative estimate of drug-likeness (QED) is 0.719. The first-order valence-electron chi connectivity index (χ1n) is 5.74. The highest BCUT2D eigenvalue weighted by molar-refractivity contribution is 9.10. The lowest BCUT2D eigenvalue weighted by atomic mass is 10.2. The van der Waals surface area contributed by atoms with Gasteiger partial charge < -0.3 is 5.32 Å². The molecule has 2 aromatic rings. The van der Waals surface area contributed by atoms with Crippen LogP contribution in [0.25, 0.3) is 6.08 Å². The number of carbonyl (C=O) groups is 1. The molecule has 0 saturated heterocycles. The summed E-state index contributed by atoms with van der Waals surface area (Å²) in [5, 5.41) is 3.71. The number of carbonyl (C=O) groups excluding carboxylic acids is 1. The smallest absolute Gasteiger partial charge is 0.248 e. The predicted molar refractivity (Wildman–Crippen MR) is 88.3 cm³/mol. The summed E-state index contributed by atoms with van der Waals surface area (Å²) in [6.07, 6.45) is 3.12. The molecule has 0 aliphatic heterocycles. The van der Waals surface area contributed by atoms with Gasteiger partial charge >= 0.3 is 0 Å². The molecule has 1 N–H and O–H groups in total. The third-order valence-corrected chi connectivity index (χ3v) is 3.70. The Morgan fingerprint density at radius 3 is 2.60 bits per heavy atom. The minimum atomic E-state index is -0.214. The molecule has 0 radical (unpaired) electrons. The van der Waals surface area contributed by atoms with Crippen molar-refractivity contribution in [2.24, 2.45) is 0 Å². The Kier molecular flexibility index (Phi) is 5.24. The van der Waals surface area contributed by atoms with Gasteiger partial charge in [0.05, 0.1) is 10.0 Å². The zero-order valence-corrected chi connectivity index (χ0v) is 13.3. The normalized spacial score (nSPS) is 10.8. The molecule has 0 heterocycles. The van der Waals surface area contributed by atoms with Crippen LogP contribution < -0.4 is 5.32 Å². The van der Waals surface area contributed by atoms with E-state index in [1.165, 1.54) is 6.08 Å². The van der Waals surface area contributed by atoms with Crippen molar-refractivity contribution in [1.29, 1.82) is 0 Å². The molecule has 0 bridgehead atoms. The van der Waals surface area contributed by atoms with Crippen molar-refractivity contribution in [3.63, 3.8) is 0 Å². The maximum absolute atomic E-state index is 11.8. The van der Waals surface area contributed by atoms with Gasteiger partial charge in [-0.15, -0.1) is 0 Å². The average molecular weight is 371 g/mol. The molecule has 1 amide bonds. The van der Waals surface area contributed by atoms with Gasteiger partial charge in [-0.05, 0) is 42.0 Å². The van der Waals surface area contributed by atoms with Gasteiger partial charge in [0, 0.05) is 16.2 Å². The van der Waals surface area contributed by atoms with E-state index in [4.69, 9.17) is 23.2 Å². The van der Waals surface area contributed by atoms with Crippen LogP contribution in [-0.2, 0) is 4.79 Å². The Bertz CT molecular complexity index is 671. The SMILES string of the molecule is O=C(/C=C/c1ccc(Cl)c(Cl)c1)Nc1cccc(Br)c1. The summed E-state index contributed by atoms with van der Waals surface area (Å²) >= 11 is 15.1. The predicted octanol–water partition coefficient (Wildman–Crippen LogP) is 5.41. The van der Waals surface area contributed by atoms with Crippen molar-refractivity contribution in [2.45, 2.75) is 0 Å². The molecule has 5 heteroatoms. The molecule has 0 aliphatic rings. The number of anilines is 1. The van der Waals surface area contributed by atoms with E-state index in [1.807, 2.05) is 24.3 Å². The van der Waals surface area contributed by atoms with Crippen molar-refractivity contribution in [3.05, 3.63) is 68.6 Å². The molecule has 0 fully saturated rings. The van der Waals surface area contributed by atoms with Crippen LogP contribution in [0.3, 0.4) is 0 Å². The first-order valence-corrected chi connectivity index (χ1v) is 7.29. The van der Waals surface area contributed by atoms with Gasteiger partial charge in [0.1, 0.15) is 0 Å². The van der Waals surface area contributed by atoms with E-state index in [0.29, 0.717) is 10.0 Å². The summed E-state index contributed by atoms with van der Waals surface area (Å²) in [4.78, 5) is 11.8. The van der Waals surface area contributed by atoms with Crippen molar-refractivity contribution in [3.8, 4) is 0 Å². The summed E-state index contributed by atoms with van der Waals surface area (Å²) in [5.41, 5.74) is 1.53. The van der Waals surface area contributed by atoms with Gasteiger partial charge in [-0.1, -0.05) is 51.3 Å². The molecule has 0 unspecified atom stereocenters. The molecule has 0 spiro atoms. The molecule has 2 rings (SSSR count). The lowest BCUT2D eigenvalue weighted by molar-refractivity contribution is -0.111. The Morgan fingerprint density at radius 1 is 1.10 bits per heavy atom. The Labute approximate surface area is 135 Å². The maximum atomic E-state index is 11.8. The second-order valence-corrected chi connectivity index (χ2v) is 5.74. The number of hydrogen-bond donors (Lipinski definition) is 1. The highest BCUT2D eigenvalue weighted by atomic mass is 79.9. The Balaban J connectivity index is 2.03. The summed E-state index contributed by atoms with van der Waals surface area (Å²) in [6.45, 7) is 0. The van der Waals surface area contributed by atoms with E-state index in [2.05, 4.69) is 21.2 Å². The van der Waals surface area contributed by atoms with E-state index in [-0.39, 0.29) is 5.91 Å². The largest absolute Gasteiger partial charge is 0.322 e. The second kappa shape index (κ2) is 6.93. The molecule has 0 aliphatic carbocycles. The fraction of sp³-hybridized carbons (Fsp3) is 0. The standard InChI is InChI=1S/C15H10BrCl2NO/c16-11-2-1-3-12(9-11)19-15(20)7-5-10-4-6-13(17)14(18)8-10/h1-9H,(H,19,20)/b7-5+. The van der Waals surface area contributed by atoms with Crippen molar-refractivity contribution in [1.82, 2.24) is 0 Å². The van der Waals surface area contributed by atoms with Crippen LogP contribution in [0.1, 0.15) is 5.56 Å². The molecule has 102 valence electrons. The van der Waals surface area contributed by atoms with Crippen LogP contribution in [0.4, 0.5) is 5.69 Å². The molecule has 0 atom stereocenters. The highest BCUT2D eigenvalue weighted by Gasteiger charge is 2.00. The number of amides is 1. The summed E-state index contributed by atoms with van der Waals surface area (Å²) in [6, 6.07) is 12.6. The van der Waals surface area contributed by atoms with Crippen LogP contribution in [0.5, 0.6) is 0 Å². The zero-order chi connectivity index (χ0) is 14.5. The van der Waals surface area contributed by atoms with Gasteiger partial charge in [0.15, 0.2) is 0 Å². The van der Waals surface area contributed by atoms with E-state index in [1.54, 1.807) is 24.3 Å². The molecular weight excluding hydrogens is 361 g/mol. The number of benzene rings is 2. The van der Waals surface area contributed by atoms with Crippen LogP contribution >= 0.6 is 39.1 Å². The topological polar surface area (TPSA) is 29.1 Å². The van der Waals surface area contributed by atoms with Crippen LogP contribution in [0, 0.1) is 0 Å². The lowest BCUT2D eigenvalue weighted by Gasteiger charge is -2.02. The highest BCUT2D eigenvalue weighted by Crippen LogP contribution is 2.23. The summed E-state index contributed by atoms with van der Waals surface area (Å²) < 4.78 is 0.906. The van der Waals surface area contributed by atoms with Crippen LogP contribution in [-0.4, -0.2) is 5.91 Å². The average Bonchev–Trinajstić information content (AvgIpc) is 2.40. The Hall–Kier alpha value is -1.29. The minimum absolute atomic E-state index is 0.214. The monoisotopic (exact) mass is 369 g/mol. The third-order valence-electron chi connectivity index (χ3n) is 2.46. The first-order chi connectivity index (χ1) is 9.54. The van der Waals surface area contributed by atoms with Gasteiger partial charge in [-0.2, -0.15) is 0 Å². The van der Waals surface area contributed by atoms with Crippen molar-refractivity contribution < 1.29 is 4.79 Å². The maximum Gasteiger partial charge on any atom is 0.248 e. The van der Waals surface area contributed by atoms with Gasteiger partial charge in [0.2, 0.25) is 5.91 Å². The van der Waals surface area contributed by atoms with Gasteiger partial charge in [-0.25, -0.2) is 0 Å². The minimum Gasteiger partial charge on any atom is -0.322 e. The fourth-order valence-corrected chi connectivity index (χ4v) is 2.24.